The van der Waals surface area contributed by atoms with Crippen molar-refractivity contribution in [2.24, 2.45) is 0 Å². The van der Waals surface area contributed by atoms with Gasteiger partial charge in [0.2, 0.25) is 0 Å². The number of aromatic nitrogens is 1. The molecule has 0 atom stereocenters. The van der Waals surface area contributed by atoms with E-state index >= 15 is 0 Å². The molecule has 0 saturated carbocycles. The van der Waals surface area contributed by atoms with Gasteiger partial charge in [0, 0.05) is 27.1 Å². The van der Waals surface area contributed by atoms with E-state index in [1.165, 1.54) is 0 Å². The summed E-state index contributed by atoms with van der Waals surface area (Å²) in [6.07, 6.45) is 3.47. The zero-order valence-corrected chi connectivity index (χ0v) is 13.4. The van der Waals surface area contributed by atoms with Gasteiger partial charge in [-0.05, 0) is 35.7 Å². The first-order valence-electron chi connectivity index (χ1n) is 6.28. The molecule has 0 aliphatic rings. The fourth-order valence-corrected chi connectivity index (χ4v) is 2.96. The van der Waals surface area contributed by atoms with Crippen LogP contribution in [0, 0.1) is 0 Å². The molecule has 104 valence electrons. The lowest BCUT2D eigenvalue weighted by atomic mass is 10.1. The molecule has 3 nitrogen and oxygen atoms in total. The van der Waals surface area contributed by atoms with Crippen LogP contribution in [0.15, 0.2) is 64.2 Å². The third-order valence-corrected chi connectivity index (χ3v) is 4.00. The van der Waals surface area contributed by atoms with Crippen molar-refractivity contribution in [2.45, 2.75) is 4.90 Å². The summed E-state index contributed by atoms with van der Waals surface area (Å²) in [7, 11) is 0. The number of benzene rings is 2. The Bertz CT molecular complexity index is 830. The lowest BCUT2D eigenvalue weighted by Gasteiger charge is -2.10. The molecule has 0 fully saturated rings. The standard InChI is InChI=1S/C16H11BrN2OS/c17-11-4-5-12(15(21)8-11)16(20)19-14-3-1-2-10-6-7-18-9-13(10)14/h1-9,21H,(H,19,20). The lowest BCUT2D eigenvalue weighted by molar-refractivity contribution is 0.102. The molecule has 21 heavy (non-hydrogen) atoms. The number of carbonyl (C=O) groups is 1. The number of thiol groups is 1. The van der Waals surface area contributed by atoms with Crippen LogP contribution in [0.4, 0.5) is 5.69 Å². The Labute approximate surface area is 135 Å². The van der Waals surface area contributed by atoms with Crippen molar-refractivity contribution >= 4 is 50.9 Å². The maximum absolute atomic E-state index is 12.4. The maximum Gasteiger partial charge on any atom is 0.256 e. The molecular weight excluding hydrogens is 348 g/mol. The number of pyridine rings is 1. The molecule has 2 aromatic carbocycles. The van der Waals surface area contributed by atoms with E-state index in [0.29, 0.717) is 10.5 Å². The van der Waals surface area contributed by atoms with Crippen LogP contribution in [-0.2, 0) is 0 Å². The second kappa shape index (κ2) is 5.87. The van der Waals surface area contributed by atoms with Gasteiger partial charge >= 0.3 is 0 Å². The minimum atomic E-state index is -0.191. The van der Waals surface area contributed by atoms with Crippen LogP contribution in [0.25, 0.3) is 10.8 Å². The van der Waals surface area contributed by atoms with E-state index in [1.807, 2.05) is 30.3 Å². The summed E-state index contributed by atoms with van der Waals surface area (Å²) in [5.41, 5.74) is 1.27. The highest BCUT2D eigenvalue weighted by Gasteiger charge is 2.11. The molecule has 1 aromatic heterocycles. The minimum absolute atomic E-state index is 0.191. The van der Waals surface area contributed by atoms with Crippen molar-refractivity contribution in [1.82, 2.24) is 4.98 Å². The Balaban J connectivity index is 1.97. The number of nitrogens with one attached hydrogen (secondary N) is 1. The molecule has 1 N–H and O–H groups in total. The van der Waals surface area contributed by atoms with Crippen molar-refractivity contribution in [3.8, 4) is 0 Å². The van der Waals surface area contributed by atoms with E-state index in [4.69, 9.17) is 0 Å². The topological polar surface area (TPSA) is 42.0 Å². The van der Waals surface area contributed by atoms with Crippen molar-refractivity contribution in [1.29, 1.82) is 0 Å². The van der Waals surface area contributed by atoms with E-state index in [2.05, 4.69) is 38.9 Å². The summed E-state index contributed by atoms with van der Waals surface area (Å²) in [4.78, 5) is 17.1. The van der Waals surface area contributed by atoms with Gasteiger partial charge in [0.25, 0.3) is 5.91 Å². The SMILES string of the molecule is O=C(Nc1cccc2ccncc12)c1ccc(Br)cc1S. The second-order valence-electron chi connectivity index (χ2n) is 4.52. The summed E-state index contributed by atoms with van der Waals surface area (Å²) in [5.74, 6) is -0.191. The summed E-state index contributed by atoms with van der Waals surface area (Å²) in [6, 6.07) is 13.0. The third kappa shape index (κ3) is 2.94. The van der Waals surface area contributed by atoms with Crippen LogP contribution >= 0.6 is 28.6 Å². The first-order chi connectivity index (χ1) is 10.1. The van der Waals surface area contributed by atoms with Gasteiger partial charge < -0.3 is 5.32 Å². The number of nitrogens with zero attached hydrogens (tertiary/aromatic N) is 1. The fraction of sp³-hybridized carbons (Fsp3) is 0. The molecule has 0 unspecified atom stereocenters. The predicted molar refractivity (Wildman–Crippen MR) is 91.1 cm³/mol. The minimum Gasteiger partial charge on any atom is -0.321 e. The van der Waals surface area contributed by atoms with Crippen LogP contribution in [0.5, 0.6) is 0 Å². The van der Waals surface area contributed by atoms with Crippen LogP contribution in [0.1, 0.15) is 10.4 Å². The van der Waals surface area contributed by atoms with Crippen LogP contribution in [0.2, 0.25) is 0 Å². The van der Waals surface area contributed by atoms with Gasteiger partial charge in [-0.2, -0.15) is 0 Å². The van der Waals surface area contributed by atoms with E-state index in [0.717, 1.165) is 20.9 Å². The number of amides is 1. The normalized spacial score (nSPS) is 10.6. The molecule has 1 heterocycles. The van der Waals surface area contributed by atoms with Gasteiger partial charge in [-0.15, -0.1) is 12.6 Å². The number of carbonyl (C=O) groups excluding carboxylic acids is 1. The molecular formula is C16H11BrN2OS. The number of hydrogen-bond acceptors (Lipinski definition) is 3. The largest absolute Gasteiger partial charge is 0.321 e. The van der Waals surface area contributed by atoms with Crippen molar-refractivity contribution in [3.05, 3.63) is 64.9 Å². The van der Waals surface area contributed by atoms with E-state index in [-0.39, 0.29) is 5.91 Å². The number of rotatable bonds is 2. The Hall–Kier alpha value is -1.85. The average molecular weight is 359 g/mol. The Morgan fingerprint density at radius 1 is 1.19 bits per heavy atom. The molecule has 0 aliphatic heterocycles. The van der Waals surface area contributed by atoms with Crippen molar-refractivity contribution in [3.63, 3.8) is 0 Å². The van der Waals surface area contributed by atoms with Crippen LogP contribution in [-0.4, -0.2) is 10.9 Å². The Morgan fingerprint density at radius 3 is 2.86 bits per heavy atom. The Kier molecular flexibility index (Phi) is 3.94. The van der Waals surface area contributed by atoms with Gasteiger partial charge in [-0.25, -0.2) is 0 Å². The fourth-order valence-electron chi connectivity index (χ4n) is 2.11. The zero-order valence-electron chi connectivity index (χ0n) is 10.9. The second-order valence-corrected chi connectivity index (χ2v) is 5.92. The highest BCUT2D eigenvalue weighted by atomic mass is 79.9. The van der Waals surface area contributed by atoms with Crippen LogP contribution in [0.3, 0.4) is 0 Å². The van der Waals surface area contributed by atoms with E-state index in [9.17, 15) is 4.79 Å². The first kappa shape index (κ1) is 14.1. The van der Waals surface area contributed by atoms with Gasteiger partial charge in [0.1, 0.15) is 0 Å². The van der Waals surface area contributed by atoms with Crippen molar-refractivity contribution < 1.29 is 4.79 Å². The number of anilines is 1. The molecule has 0 saturated heterocycles. The quantitative estimate of drug-likeness (QED) is 0.660. The number of halogens is 1. The van der Waals surface area contributed by atoms with Gasteiger partial charge in [-0.3, -0.25) is 9.78 Å². The summed E-state index contributed by atoms with van der Waals surface area (Å²) < 4.78 is 0.887. The molecule has 3 rings (SSSR count). The zero-order chi connectivity index (χ0) is 14.8. The van der Waals surface area contributed by atoms with E-state index in [1.54, 1.807) is 24.5 Å². The van der Waals surface area contributed by atoms with Gasteiger partial charge in [-0.1, -0.05) is 28.1 Å². The monoisotopic (exact) mass is 358 g/mol. The third-order valence-electron chi connectivity index (χ3n) is 3.14. The summed E-state index contributed by atoms with van der Waals surface area (Å²) in [5, 5.41) is 4.86. The molecule has 0 aliphatic carbocycles. The average Bonchev–Trinajstić information content (AvgIpc) is 2.47. The molecule has 1 amide bonds. The Morgan fingerprint density at radius 2 is 2.05 bits per heavy atom. The lowest BCUT2D eigenvalue weighted by Crippen LogP contribution is -2.13. The predicted octanol–water partition coefficient (Wildman–Crippen LogP) is 4.54. The van der Waals surface area contributed by atoms with E-state index < -0.39 is 0 Å². The molecule has 5 heteroatoms. The number of fused-ring (bicyclic) bond motifs is 1. The highest BCUT2D eigenvalue weighted by molar-refractivity contribution is 9.10. The first-order valence-corrected chi connectivity index (χ1v) is 7.52. The number of hydrogen-bond donors (Lipinski definition) is 2. The summed E-state index contributed by atoms with van der Waals surface area (Å²) >= 11 is 7.70. The van der Waals surface area contributed by atoms with Crippen LogP contribution < -0.4 is 5.32 Å². The molecule has 0 spiro atoms. The molecule has 0 bridgehead atoms. The van der Waals surface area contributed by atoms with Gasteiger partial charge in [0.15, 0.2) is 0 Å². The van der Waals surface area contributed by atoms with Crippen molar-refractivity contribution in [2.75, 3.05) is 5.32 Å². The van der Waals surface area contributed by atoms with Gasteiger partial charge in [0.05, 0.1) is 11.3 Å². The smallest absolute Gasteiger partial charge is 0.256 e. The molecule has 0 radical (unpaired) electrons. The summed E-state index contributed by atoms with van der Waals surface area (Å²) in [6.45, 7) is 0. The highest BCUT2D eigenvalue weighted by Crippen LogP contribution is 2.25. The maximum atomic E-state index is 12.4. The molecule has 3 aromatic rings.